The number of allylic oxidation sites excluding steroid dienone is 6. The summed E-state index contributed by atoms with van der Waals surface area (Å²) < 4.78 is 0. The largest absolute Gasteiger partial charge is 0.362 e. The van der Waals surface area contributed by atoms with Crippen LogP contribution in [0.25, 0.3) is 0 Å². The fourth-order valence-corrected chi connectivity index (χ4v) is 1.94. The number of rotatable bonds is 6. The van der Waals surface area contributed by atoms with Gasteiger partial charge in [-0.3, -0.25) is 4.99 Å². The molecule has 0 spiro atoms. The summed E-state index contributed by atoms with van der Waals surface area (Å²) in [4.78, 5) is 4.57. The van der Waals surface area contributed by atoms with Crippen LogP contribution in [0.1, 0.15) is 5.56 Å². The molecule has 1 N–H and O–H groups in total. The molecule has 0 aromatic heterocycles. The van der Waals surface area contributed by atoms with E-state index >= 15 is 0 Å². The maximum absolute atomic E-state index is 4.57. The van der Waals surface area contributed by atoms with E-state index in [4.69, 9.17) is 0 Å². The Labute approximate surface area is 120 Å². The number of hydrogen-bond acceptors (Lipinski definition) is 2. The van der Waals surface area contributed by atoms with E-state index in [2.05, 4.69) is 29.5 Å². The molecule has 0 bridgehead atoms. The van der Waals surface area contributed by atoms with Crippen molar-refractivity contribution < 1.29 is 0 Å². The molecule has 100 valence electrons. The van der Waals surface area contributed by atoms with Gasteiger partial charge in [-0.1, -0.05) is 49.6 Å². The summed E-state index contributed by atoms with van der Waals surface area (Å²) in [5, 5.41) is 3.20. The summed E-state index contributed by atoms with van der Waals surface area (Å²) in [6, 6.07) is 8.21. The van der Waals surface area contributed by atoms with Crippen LogP contribution in [-0.2, 0) is 6.42 Å². The van der Waals surface area contributed by atoms with Crippen LogP contribution in [0.5, 0.6) is 0 Å². The molecule has 0 amide bonds. The van der Waals surface area contributed by atoms with Crippen LogP contribution in [0.2, 0.25) is 0 Å². The Bertz CT molecular complexity index is 616. The van der Waals surface area contributed by atoms with Crippen molar-refractivity contribution in [1.82, 2.24) is 5.32 Å². The van der Waals surface area contributed by atoms with E-state index in [0.717, 1.165) is 23.5 Å². The van der Waals surface area contributed by atoms with Crippen LogP contribution in [0.3, 0.4) is 0 Å². The minimum atomic E-state index is 0.886. The van der Waals surface area contributed by atoms with E-state index in [-0.39, 0.29) is 0 Å². The van der Waals surface area contributed by atoms with Crippen LogP contribution in [0.15, 0.2) is 90.8 Å². The number of nitrogens with one attached hydrogen (secondary N) is 1. The Balaban J connectivity index is 1.98. The second-order valence-electron chi connectivity index (χ2n) is 4.34. The number of nitrogens with zero attached hydrogens (tertiary/aromatic N) is 1. The Morgan fingerprint density at radius 2 is 2.05 bits per heavy atom. The van der Waals surface area contributed by atoms with E-state index in [0.29, 0.717) is 0 Å². The van der Waals surface area contributed by atoms with Gasteiger partial charge in [0.05, 0.1) is 5.69 Å². The van der Waals surface area contributed by atoms with Gasteiger partial charge in [-0.25, -0.2) is 0 Å². The molecule has 1 aliphatic heterocycles. The third kappa shape index (κ3) is 3.69. The third-order valence-electron chi connectivity index (χ3n) is 2.86. The second-order valence-corrected chi connectivity index (χ2v) is 4.34. The summed E-state index contributed by atoms with van der Waals surface area (Å²) in [5.41, 5.74) is 4.36. The molecule has 1 aromatic rings. The lowest BCUT2D eigenvalue weighted by Gasteiger charge is -2.00. The van der Waals surface area contributed by atoms with Gasteiger partial charge in [0, 0.05) is 24.0 Å². The minimum Gasteiger partial charge on any atom is -0.362 e. The lowest BCUT2D eigenvalue weighted by atomic mass is 10.1. The van der Waals surface area contributed by atoms with Gasteiger partial charge in [-0.2, -0.15) is 0 Å². The second kappa shape index (κ2) is 7.10. The molecule has 0 unspecified atom stereocenters. The van der Waals surface area contributed by atoms with Gasteiger partial charge < -0.3 is 5.32 Å². The highest BCUT2D eigenvalue weighted by molar-refractivity contribution is 6.01. The van der Waals surface area contributed by atoms with Crippen molar-refractivity contribution in [2.24, 2.45) is 4.99 Å². The van der Waals surface area contributed by atoms with Crippen LogP contribution in [0.4, 0.5) is 5.69 Å². The maximum atomic E-state index is 4.57. The molecule has 2 rings (SSSR count). The molecule has 1 aliphatic rings. The zero-order chi connectivity index (χ0) is 14.2. The average molecular weight is 262 g/mol. The van der Waals surface area contributed by atoms with Crippen LogP contribution in [0, 0.1) is 0 Å². The standard InChI is InChI=1S/C18H18N2/c1-3-5-10-16(8-4-2)19-13-12-17-14-15-9-6-7-11-18(15)20-17/h3-13,19H,1-2,14H2/b10-5-,13-12+,16-8+. The lowest BCUT2D eigenvalue weighted by Crippen LogP contribution is -2.03. The molecule has 1 heterocycles. The van der Waals surface area contributed by atoms with Crippen molar-refractivity contribution >= 4 is 11.4 Å². The quantitative estimate of drug-likeness (QED) is 0.762. The van der Waals surface area contributed by atoms with Gasteiger partial charge in [0.15, 0.2) is 0 Å². The molecule has 2 nitrogen and oxygen atoms in total. The topological polar surface area (TPSA) is 24.4 Å². The smallest absolute Gasteiger partial charge is 0.0669 e. The van der Waals surface area contributed by atoms with Crippen LogP contribution < -0.4 is 5.32 Å². The summed E-state index contributed by atoms with van der Waals surface area (Å²) in [7, 11) is 0. The first-order valence-corrected chi connectivity index (χ1v) is 6.54. The number of hydrogen-bond donors (Lipinski definition) is 1. The molecule has 20 heavy (non-hydrogen) atoms. The predicted molar refractivity (Wildman–Crippen MR) is 87.1 cm³/mol. The molecule has 0 fully saturated rings. The fraction of sp³-hybridized carbons (Fsp3) is 0.0556. The maximum Gasteiger partial charge on any atom is 0.0669 e. The average Bonchev–Trinajstić information content (AvgIpc) is 2.87. The van der Waals surface area contributed by atoms with Crippen LogP contribution in [-0.4, -0.2) is 5.71 Å². The Morgan fingerprint density at radius 3 is 2.80 bits per heavy atom. The third-order valence-corrected chi connectivity index (χ3v) is 2.86. The molecule has 0 saturated heterocycles. The zero-order valence-corrected chi connectivity index (χ0v) is 11.4. The highest BCUT2D eigenvalue weighted by Gasteiger charge is 2.10. The first kappa shape index (κ1) is 13.8. The first-order valence-electron chi connectivity index (χ1n) is 6.54. The van der Waals surface area contributed by atoms with Crippen LogP contribution >= 0.6 is 0 Å². The molecular formula is C18H18N2. The van der Waals surface area contributed by atoms with E-state index in [9.17, 15) is 0 Å². The molecule has 0 aliphatic carbocycles. The summed E-state index contributed by atoms with van der Waals surface area (Å²) in [5.74, 6) is 0. The van der Waals surface area contributed by atoms with E-state index < -0.39 is 0 Å². The number of aliphatic imine (C=N–C) groups is 1. The zero-order valence-electron chi connectivity index (χ0n) is 11.4. The van der Waals surface area contributed by atoms with E-state index in [1.54, 1.807) is 12.2 Å². The minimum absolute atomic E-state index is 0.886. The molecule has 0 radical (unpaired) electrons. The number of benzene rings is 1. The molecular weight excluding hydrogens is 244 g/mol. The Morgan fingerprint density at radius 1 is 1.20 bits per heavy atom. The summed E-state index contributed by atoms with van der Waals surface area (Å²) in [6.07, 6.45) is 14.0. The normalized spacial score (nSPS) is 14.4. The SMILES string of the molecule is C=C/C=C\C(=C/C=C)N/C=C/C1=Nc2ccccc2C1. The number of para-hydroxylation sites is 1. The van der Waals surface area contributed by atoms with Gasteiger partial charge in [-0.15, -0.1) is 0 Å². The van der Waals surface area contributed by atoms with Crippen molar-refractivity contribution in [2.45, 2.75) is 6.42 Å². The molecule has 0 atom stereocenters. The van der Waals surface area contributed by atoms with Crippen molar-refractivity contribution in [1.29, 1.82) is 0 Å². The van der Waals surface area contributed by atoms with Gasteiger partial charge in [0.25, 0.3) is 0 Å². The fourth-order valence-electron chi connectivity index (χ4n) is 1.94. The Kier molecular flexibility index (Phi) is 4.90. The van der Waals surface area contributed by atoms with Crippen molar-refractivity contribution in [3.8, 4) is 0 Å². The highest BCUT2D eigenvalue weighted by atomic mass is 14.8. The highest BCUT2D eigenvalue weighted by Crippen LogP contribution is 2.25. The molecule has 0 saturated carbocycles. The molecule has 2 heteroatoms. The van der Waals surface area contributed by atoms with Gasteiger partial charge in [0.1, 0.15) is 0 Å². The summed E-state index contributed by atoms with van der Waals surface area (Å²) >= 11 is 0. The Hall–Kier alpha value is -2.61. The van der Waals surface area contributed by atoms with Gasteiger partial charge >= 0.3 is 0 Å². The first-order chi connectivity index (χ1) is 9.83. The number of fused-ring (bicyclic) bond motifs is 1. The van der Waals surface area contributed by atoms with Crippen molar-refractivity contribution in [3.05, 3.63) is 91.3 Å². The van der Waals surface area contributed by atoms with E-state index in [1.165, 1.54) is 5.56 Å². The van der Waals surface area contributed by atoms with Gasteiger partial charge in [0.2, 0.25) is 0 Å². The van der Waals surface area contributed by atoms with E-state index in [1.807, 2.05) is 48.7 Å². The predicted octanol–water partition coefficient (Wildman–Crippen LogP) is 4.23. The van der Waals surface area contributed by atoms with Crippen molar-refractivity contribution in [3.63, 3.8) is 0 Å². The molecule has 1 aromatic carbocycles. The van der Waals surface area contributed by atoms with Gasteiger partial charge in [-0.05, 0) is 29.9 Å². The van der Waals surface area contributed by atoms with Crippen molar-refractivity contribution in [2.75, 3.05) is 0 Å². The summed E-state index contributed by atoms with van der Waals surface area (Å²) in [6.45, 7) is 7.35. The monoisotopic (exact) mass is 262 g/mol. The lowest BCUT2D eigenvalue weighted by molar-refractivity contribution is 1.11.